The van der Waals surface area contributed by atoms with Gasteiger partial charge in [0.1, 0.15) is 11.6 Å². The van der Waals surface area contributed by atoms with Crippen LogP contribution >= 0.6 is 0 Å². The van der Waals surface area contributed by atoms with Crippen LogP contribution in [0.5, 0.6) is 5.75 Å². The Morgan fingerprint density at radius 3 is 2.59 bits per heavy atom. The number of likely N-dealkylation sites (N-methyl/N-ethyl adjacent to an activating group) is 1. The number of rotatable bonds is 8. The van der Waals surface area contributed by atoms with Gasteiger partial charge < -0.3 is 14.4 Å². The summed E-state index contributed by atoms with van der Waals surface area (Å²) in [5.74, 6) is -0.573. The summed E-state index contributed by atoms with van der Waals surface area (Å²) in [4.78, 5) is 25.1. The second-order valence-electron chi connectivity index (χ2n) is 6.37. The number of aryl methyl sites for hydroxylation is 2. The quantitative estimate of drug-likeness (QED) is 0.666. The van der Waals surface area contributed by atoms with Gasteiger partial charge in [-0.3, -0.25) is 9.59 Å². The first-order valence-electron chi connectivity index (χ1n) is 8.70. The summed E-state index contributed by atoms with van der Waals surface area (Å²) >= 11 is 0. The molecule has 0 aliphatic heterocycles. The second kappa shape index (κ2) is 9.71. The van der Waals surface area contributed by atoms with Crippen LogP contribution < -0.4 is 4.74 Å². The van der Waals surface area contributed by atoms with Gasteiger partial charge in [0.15, 0.2) is 6.61 Å². The molecule has 0 spiro atoms. The molecule has 0 bridgehead atoms. The molecule has 0 heterocycles. The number of carbonyl (C=O) groups excluding carboxylic acids is 2. The van der Waals surface area contributed by atoms with Crippen molar-refractivity contribution in [2.45, 2.75) is 26.8 Å². The normalized spacial score (nSPS) is 10.4. The predicted octanol–water partition coefficient (Wildman–Crippen LogP) is 3.41. The fraction of sp³-hybridized carbons (Fsp3) is 0.333. The Kier molecular flexibility index (Phi) is 7.34. The SMILES string of the molecule is Cc1ccc(C)c(OCCC(=O)OCC(=O)N(C)Cc2ccccc2F)c1. The Hall–Kier alpha value is -2.89. The molecule has 0 saturated heterocycles. The highest BCUT2D eigenvalue weighted by Gasteiger charge is 2.14. The third-order valence-corrected chi connectivity index (χ3v) is 4.06. The summed E-state index contributed by atoms with van der Waals surface area (Å²) in [5, 5.41) is 0. The first-order valence-corrected chi connectivity index (χ1v) is 8.70. The number of benzene rings is 2. The molecular weight excluding hydrogens is 349 g/mol. The number of amides is 1. The minimum Gasteiger partial charge on any atom is -0.493 e. The third kappa shape index (κ3) is 6.40. The zero-order chi connectivity index (χ0) is 19.8. The molecule has 144 valence electrons. The van der Waals surface area contributed by atoms with Gasteiger partial charge in [-0.1, -0.05) is 30.3 Å². The lowest BCUT2D eigenvalue weighted by atomic mass is 10.1. The molecule has 0 fully saturated rings. The number of ether oxygens (including phenoxy) is 2. The number of nitrogens with zero attached hydrogens (tertiary/aromatic N) is 1. The predicted molar refractivity (Wildman–Crippen MR) is 99.9 cm³/mol. The Bertz CT molecular complexity index is 807. The molecule has 0 unspecified atom stereocenters. The lowest BCUT2D eigenvalue weighted by Gasteiger charge is -2.17. The van der Waals surface area contributed by atoms with Crippen molar-refractivity contribution >= 4 is 11.9 Å². The van der Waals surface area contributed by atoms with Crippen LogP contribution in [-0.2, 0) is 20.9 Å². The van der Waals surface area contributed by atoms with Crippen molar-refractivity contribution < 1.29 is 23.5 Å². The van der Waals surface area contributed by atoms with E-state index in [9.17, 15) is 14.0 Å². The molecule has 1 amide bonds. The summed E-state index contributed by atoms with van der Waals surface area (Å²) in [6.07, 6.45) is 0.0394. The summed E-state index contributed by atoms with van der Waals surface area (Å²) in [7, 11) is 1.53. The second-order valence-corrected chi connectivity index (χ2v) is 6.37. The lowest BCUT2D eigenvalue weighted by Crippen LogP contribution is -2.31. The summed E-state index contributed by atoms with van der Waals surface area (Å²) in [6, 6.07) is 12.1. The van der Waals surface area contributed by atoms with Crippen molar-refractivity contribution in [2.24, 2.45) is 0 Å². The monoisotopic (exact) mass is 373 g/mol. The summed E-state index contributed by atoms with van der Waals surface area (Å²) in [5.41, 5.74) is 2.46. The maximum Gasteiger partial charge on any atom is 0.309 e. The van der Waals surface area contributed by atoms with Gasteiger partial charge in [-0.05, 0) is 37.1 Å². The van der Waals surface area contributed by atoms with E-state index >= 15 is 0 Å². The molecule has 0 aliphatic rings. The van der Waals surface area contributed by atoms with E-state index in [1.807, 2.05) is 32.0 Å². The molecular formula is C21H24FNO4. The van der Waals surface area contributed by atoms with Gasteiger partial charge in [0.25, 0.3) is 5.91 Å². The van der Waals surface area contributed by atoms with Crippen molar-refractivity contribution in [3.63, 3.8) is 0 Å². The van der Waals surface area contributed by atoms with E-state index < -0.39 is 11.9 Å². The Labute approximate surface area is 158 Å². The van der Waals surface area contributed by atoms with Crippen LogP contribution in [0.2, 0.25) is 0 Å². The molecule has 0 saturated carbocycles. The summed E-state index contributed by atoms with van der Waals surface area (Å²) in [6.45, 7) is 3.79. The van der Waals surface area contributed by atoms with Crippen molar-refractivity contribution in [3.8, 4) is 5.75 Å². The Balaban J connectivity index is 1.72. The highest BCUT2D eigenvalue weighted by molar-refractivity contribution is 5.80. The van der Waals surface area contributed by atoms with E-state index in [0.717, 1.165) is 16.9 Å². The molecule has 2 aromatic rings. The maximum absolute atomic E-state index is 13.6. The van der Waals surface area contributed by atoms with E-state index in [2.05, 4.69) is 0 Å². The molecule has 6 heteroatoms. The lowest BCUT2D eigenvalue weighted by molar-refractivity contribution is -0.152. The minimum absolute atomic E-state index is 0.0394. The maximum atomic E-state index is 13.6. The van der Waals surface area contributed by atoms with Crippen molar-refractivity contribution in [1.29, 1.82) is 0 Å². The van der Waals surface area contributed by atoms with Gasteiger partial charge in [0.2, 0.25) is 0 Å². The molecule has 5 nitrogen and oxygen atoms in total. The molecule has 2 aromatic carbocycles. The van der Waals surface area contributed by atoms with Gasteiger partial charge in [0, 0.05) is 19.2 Å². The largest absolute Gasteiger partial charge is 0.493 e. The molecule has 0 aromatic heterocycles. The standard InChI is InChI=1S/C21H24FNO4/c1-15-8-9-16(2)19(12-15)26-11-10-21(25)27-14-20(24)23(3)13-17-6-4-5-7-18(17)22/h4-9,12H,10-11,13-14H2,1-3H3. The molecule has 0 atom stereocenters. The van der Waals surface area contributed by atoms with Crippen LogP contribution in [0.4, 0.5) is 4.39 Å². The molecule has 2 rings (SSSR count). The summed E-state index contributed by atoms with van der Waals surface area (Å²) < 4.78 is 24.2. The van der Waals surface area contributed by atoms with Crippen LogP contribution in [0.15, 0.2) is 42.5 Å². The molecule has 0 radical (unpaired) electrons. The number of esters is 1. The van der Waals surface area contributed by atoms with E-state index in [1.165, 1.54) is 18.0 Å². The fourth-order valence-electron chi connectivity index (χ4n) is 2.40. The average molecular weight is 373 g/mol. The topological polar surface area (TPSA) is 55.8 Å². The number of carbonyl (C=O) groups is 2. The van der Waals surface area contributed by atoms with E-state index in [0.29, 0.717) is 5.56 Å². The van der Waals surface area contributed by atoms with Gasteiger partial charge in [-0.15, -0.1) is 0 Å². The van der Waals surface area contributed by atoms with Crippen LogP contribution in [0.25, 0.3) is 0 Å². The molecule has 0 N–H and O–H groups in total. The number of hydrogen-bond acceptors (Lipinski definition) is 4. The zero-order valence-electron chi connectivity index (χ0n) is 15.8. The Morgan fingerprint density at radius 2 is 1.85 bits per heavy atom. The third-order valence-electron chi connectivity index (χ3n) is 4.06. The molecule has 0 aliphatic carbocycles. The van der Waals surface area contributed by atoms with E-state index in [-0.39, 0.29) is 32.0 Å². The van der Waals surface area contributed by atoms with E-state index in [1.54, 1.807) is 18.2 Å². The van der Waals surface area contributed by atoms with Crippen LogP contribution in [0.3, 0.4) is 0 Å². The molecule has 27 heavy (non-hydrogen) atoms. The van der Waals surface area contributed by atoms with E-state index in [4.69, 9.17) is 9.47 Å². The van der Waals surface area contributed by atoms with Crippen molar-refractivity contribution in [1.82, 2.24) is 4.90 Å². The first-order chi connectivity index (χ1) is 12.9. The Morgan fingerprint density at radius 1 is 1.11 bits per heavy atom. The number of halogens is 1. The van der Waals surface area contributed by atoms with Crippen LogP contribution in [-0.4, -0.2) is 37.0 Å². The fourth-order valence-corrected chi connectivity index (χ4v) is 2.40. The van der Waals surface area contributed by atoms with Crippen molar-refractivity contribution in [2.75, 3.05) is 20.3 Å². The zero-order valence-corrected chi connectivity index (χ0v) is 15.8. The number of hydrogen-bond donors (Lipinski definition) is 0. The van der Waals surface area contributed by atoms with Gasteiger partial charge in [0.05, 0.1) is 13.0 Å². The first kappa shape index (κ1) is 20.4. The van der Waals surface area contributed by atoms with Crippen LogP contribution in [0, 0.1) is 19.7 Å². The highest BCUT2D eigenvalue weighted by atomic mass is 19.1. The van der Waals surface area contributed by atoms with Gasteiger partial charge in [-0.2, -0.15) is 0 Å². The smallest absolute Gasteiger partial charge is 0.309 e. The minimum atomic E-state index is -0.520. The van der Waals surface area contributed by atoms with Gasteiger partial charge >= 0.3 is 5.97 Å². The van der Waals surface area contributed by atoms with Gasteiger partial charge in [-0.25, -0.2) is 4.39 Å². The van der Waals surface area contributed by atoms with Crippen LogP contribution in [0.1, 0.15) is 23.1 Å². The average Bonchev–Trinajstić information content (AvgIpc) is 2.64. The van der Waals surface area contributed by atoms with Crippen molar-refractivity contribution in [3.05, 3.63) is 65.0 Å². The highest BCUT2D eigenvalue weighted by Crippen LogP contribution is 2.19.